The van der Waals surface area contributed by atoms with Gasteiger partial charge in [-0.1, -0.05) is 29.8 Å². The lowest BCUT2D eigenvalue weighted by molar-refractivity contribution is 0.595. The molecule has 0 aromatic heterocycles. The number of benzene rings is 2. The normalized spacial score (nSPS) is 11.4. The molecule has 0 fully saturated rings. The molecule has 0 atom stereocenters. The van der Waals surface area contributed by atoms with Crippen molar-refractivity contribution in [2.75, 3.05) is 0 Å². The third-order valence-electron chi connectivity index (χ3n) is 2.62. The van der Waals surface area contributed by atoms with Crippen molar-refractivity contribution in [3.63, 3.8) is 0 Å². The van der Waals surface area contributed by atoms with E-state index in [1.165, 1.54) is 0 Å². The fraction of sp³-hybridized carbons (Fsp3) is 0.143. The number of aryl methyl sites for hydroxylation is 2. The highest BCUT2D eigenvalue weighted by atomic mass is 32.2. The maximum Gasteiger partial charge on any atom is 0.206 e. The number of rotatable bonds is 2. The zero-order valence-electron chi connectivity index (χ0n) is 9.77. The van der Waals surface area contributed by atoms with E-state index in [4.69, 9.17) is 0 Å². The van der Waals surface area contributed by atoms with Crippen LogP contribution in [0.25, 0.3) is 0 Å². The first-order chi connectivity index (χ1) is 8.01. The quantitative estimate of drug-likeness (QED) is 0.815. The minimum atomic E-state index is -3.41. The van der Waals surface area contributed by atoms with Crippen molar-refractivity contribution in [2.45, 2.75) is 23.6 Å². The lowest BCUT2D eigenvalue weighted by Gasteiger charge is -2.08. The van der Waals surface area contributed by atoms with Gasteiger partial charge in [-0.05, 0) is 43.7 Å². The van der Waals surface area contributed by atoms with Gasteiger partial charge in [0, 0.05) is 0 Å². The van der Waals surface area contributed by atoms with Gasteiger partial charge >= 0.3 is 0 Å². The Balaban J connectivity index is 2.61. The van der Waals surface area contributed by atoms with Gasteiger partial charge in [-0.2, -0.15) is 0 Å². The van der Waals surface area contributed by atoms with Crippen LogP contribution in [0.5, 0.6) is 0 Å². The molecule has 0 aliphatic rings. The van der Waals surface area contributed by atoms with Crippen LogP contribution in [-0.2, 0) is 9.84 Å². The summed E-state index contributed by atoms with van der Waals surface area (Å²) in [5, 5.41) is 0. The largest absolute Gasteiger partial charge is 0.219 e. The van der Waals surface area contributed by atoms with E-state index in [2.05, 4.69) is 6.07 Å². The van der Waals surface area contributed by atoms with Gasteiger partial charge in [0.2, 0.25) is 9.84 Å². The molecule has 0 amide bonds. The standard InChI is InChI=1S/C14H13O2S/c1-11-8-9-14(12(2)10-11)17(15,16)13-6-4-3-5-7-13/h4-10H,1-2H3. The Kier molecular flexibility index (Phi) is 3.03. The Hall–Kier alpha value is -1.61. The predicted molar refractivity (Wildman–Crippen MR) is 66.6 cm³/mol. The first-order valence-corrected chi connectivity index (χ1v) is 6.78. The van der Waals surface area contributed by atoms with Crippen molar-refractivity contribution in [1.82, 2.24) is 0 Å². The number of hydrogen-bond donors (Lipinski definition) is 0. The minimum absolute atomic E-state index is 0.309. The van der Waals surface area contributed by atoms with E-state index in [0.29, 0.717) is 9.79 Å². The topological polar surface area (TPSA) is 34.1 Å². The third-order valence-corrected chi connectivity index (χ3v) is 4.55. The Labute approximate surface area is 102 Å². The lowest BCUT2D eigenvalue weighted by Crippen LogP contribution is -2.04. The van der Waals surface area contributed by atoms with Gasteiger partial charge in [0.05, 0.1) is 9.79 Å². The molecule has 1 radical (unpaired) electrons. The molecule has 0 unspecified atom stereocenters. The maximum atomic E-state index is 12.4. The molecule has 0 saturated heterocycles. The third kappa shape index (κ3) is 2.24. The van der Waals surface area contributed by atoms with Crippen LogP contribution in [0.4, 0.5) is 0 Å². The molecule has 3 heteroatoms. The second-order valence-corrected chi connectivity index (χ2v) is 5.93. The molecule has 0 aliphatic carbocycles. The first kappa shape index (κ1) is 11.9. The highest BCUT2D eigenvalue weighted by Crippen LogP contribution is 2.24. The van der Waals surface area contributed by atoms with Gasteiger partial charge < -0.3 is 0 Å². The van der Waals surface area contributed by atoms with Crippen LogP contribution >= 0.6 is 0 Å². The summed E-state index contributed by atoms with van der Waals surface area (Å²) in [4.78, 5) is 0.678. The molecular formula is C14H13O2S. The van der Waals surface area contributed by atoms with E-state index in [9.17, 15) is 8.42 Å². The molecular weight excluding hydrogens is 232 g/mol. The summed E-state index contributed by atoms with van der Waals surface area (Å²) in [6.07, 6.45) is 0. The maximum absolute atomic E-state index is 12.4. The van der Waals surface area contributed by atoms with Crippen LogP contribution in [0, 0.1) is 19.9 Å². The van der Waals surface area contributed by atoms with Crippen molar-refractivity contribution in [3.8, 4) is 0 Å². The van der Waals surface area contributed by atoms with Crippen molar-refractivity contribution in [1.29, 1.82) is 0 Å². The highest BCUT2D eigenvalue weighted by Gasteiger charge is 2.18. The molecule has 2 rings (SSSR count). The molecule has 2 nitrogen and oxygen atoms in total. The molecule has 87 valence electrons. The molecule has 0 bridgehead atoms. The summed E-state index contributed by atoms with van der Waals surface area (Å²) in [5.74, 6) is 0. The van der Waals surface area contributed by atoms with Crippen molar-refractivity contribution in [2.24, 2.45) is 0 Å². The van der Waals surface area contributed by atoms with Gasteiger partial charge in [0.1, 0.15) is 0 Å². The molecule has 17 heavy (non-hydrogen) atoms. The Morgan fingerprint density at radius 3 is 2.24 bits per heavy atom. The van der Waals surface area contributed by atoms with Crippen LogP contribution in [0.3, 0.4) is 0 Å². The Morgan fingerprint density at radius 1 is 1.00 bits per heavy atom. The summed E-state index contributed by atoms with van der Waals surface area (Å²) in [6.45, 7) is 3.76. The van der Waals surface area contributed by atoms with Crippen LogP contribution in [0.1, 0.15) is 11.1 Å². The van der Waals surface area contributed by atoms with E-state index in [1.54, 1.807) is 30.3 Å². The van der Waals surface area contributed by atoms with Gasteiger partial charge in [0.25, 0.3) is 0 Å². The zero-order chi connectivity index (χ0) is 12.5. The Bertz CT molecular complexity index is 629. The highest BCUT2D eigenvalue weighted by molar-refractivity contribution is 7.91. The average molecular weight is 245 g/mol. The first-order valence-electron chi connectivity index (χ1n) is 5.30. The summed E-state index contributed by atoms with van der Waals surface area (Å²) in [5.41, 5.74) is 1.83. The summed E-state index contributed by atoms with van der Waals surface area (Å²) in [6, 6.07) is 14.5. The number of hydrogen-bond acceptors (Lipinski definition) is 2. The van der Waals surface area contributed by atoms with Gasteiger partial charge in [-0.15, -0.1) is 0 Å². The molecule has 0 aliphatic heterocycles. The van der Waals surface area contributed by atoms with Crippen molar-refractivity contribution < 1.29 is 8.42 Å². The van der Waals surface area contributed by atoms with E-state index >= 15 is 0 Å². The van der Waals surface area contributed by atoms with E-state index < -0.39 is 9.84 Å². The summed E-state index contributed by atoms with van der Waals surface area (Å²) < 4.78 is 24.7. The van der Waals surface area contributed by atoms with Crippen LogP contribution in [0.15, 0.2) is 52.3 Å². The fourth-order valence-electron chi connectivity index (χ4n) is 1.78. The summed E-state index contributed by atoms with van der Waals surface area (Å²) >= 11 is 0. The minimum Gasteiger partial charge on any atom is -0.219 e. The van der Waals surface area contributed by atoms with E-state index in [1.807, 2.05) is 26.0 Å². The summed E-state index contributed by atoms with van der Waals surface area (Å²) in [7, 11) is -3.41. The SMILES string of the molecule is Cc1ccc(S(=O)(=O)c2cc[c]cc2)c(C)c1. The van der Waals surface area contributed by atoms with Crippen LogP contribution in [0.2, 0.25) is 0 Å². The number of sulfone groups is 1. The Morgan fingerprint density at radius 2 is 1.65 bits per heavy atom. The van der Waals surface area contributed by atoms with E-state index in [-0.39, 0.29) is 0 Å². The zero-order valence-corrected chi connectivity index (χ0v) is 10.6. The van der Waals surface area contributed by atoms with Crippen molar-refractivity contribution in [3.05, 3.63) is 59.7 Å². The monoisotopic (exact) mass is 245 g/mol. The predicted octanol–water partition coefficient (Wildman–Crippen LogP) is 2.94. The molecule has 0 spiro atoms. The van der Waals surface area contributed by atoms with Crippen molar-refractivity contribution >= 4 is 9.84 Å². The van der Waals surface area contributed by atoms with Gasteiger partial charge in [-0.25, -0.2) is 8.42 Å². The average Bonchev–Trinajstić information content (AvgIpc) is 2.29. The molecule has 2 aromatic carbocycles. The van der Waals surface area contributed by atoms with Crippen LogP contribution < -0.4 is 0 Å². The fourth-order valence-corrected chi connectivity index (χ4v) is 3.26. The second-order valence-electron chi connectivity index (χ2n) is 4.01. The van der Waals surface area contributed by atoms with E-state index in [0.717, 1.165) is 11.1 Å². The van der Waals surface area contributed by atoms with Crippen LogP contribution in [-0.4, -0.2) is 8.42 Å². The lowest BCUT2D eigenvalue weighted by atomic mass is 10.2. The molecule has 0 saturated carbocycles. The molecule has 0 N–H and O–H groups in total. The smallest absolute Gasteiger partial charge is 0.206 e. The molecule has 0 heterocycles. The molecule has 2 aromatic rings. The second kappa shape index (κ2) is 4.34. The van der Waals surface area contributed by atoms with Gasteiger partial charge in [0.15, 0.2) is 0 Å². The van der Waals surface area contributed by atoms with Gasteiger partial charge in [-0.3, -0.25) is 0 Å².